The number of likely N-dealkylation sites (tertiary alicyclic amines) is 1. The summed E-state index contributed by atoms with van der Waals surface area (Å²) >= 11 is 1.18. The Bertz CT molecular complexity index is 2570. The van der Waals surface area contributed by atoms with Crippen molar-refractivity contribution in [2.24, 2.45) is 5.92 Å². The molecule has 4 aromatic rings. The molecule has 69 heavy (non-hydrogen) atoms. The van der Waals surface area contributed by atoms with Crippen LogP contribution in [0.3, 0.4) is 0 Å². The number of amides is 3. The molecule has 6 fully saturated rings. The molecule has 1 aromatic heterocycles. The minimum Gasteiger partial charge on any atom is -0.464 e. The number of ether oxygens (including phenoxy) is 2. The molecule has 2 saturated carbocycles. The zero-order chi connectivity index (χ0) is 48.0. The van der Waals surface area contributed by atoms with Crippen LogP contribution in [0.15, 0.2) is 84.9 Å². The normalized spacial score (nSPS) is 29.1. The van der Waals surface area contributed by atoms with Gasteiger partial charge in [0.25, 0.3) is 5.91 Å². The van der Waals surface area contributed by atoms with Gasteiger partial charge >= 0.3 is 13.5 Å². The van der Waals surface area contributed by atoms with E-state index in [-0.39, 0.29) is 65.2 Å². The molecule has 2 N–H and O–H groups in total. The van der Waals surface area contributed by atoms with Crippen molar-refractivity contribution in [1.82, 2.24) is 25.1 Å². The van der Waals surface area contributed by atoms with Gasteiger partial charge in [0, 0.05) is 53.4 Å². The Labute approximate surface area is 406 Å². The van der Waals surface area contributed by atoms with E-state index in [1.54, 1.807) is 47.4 Å². The van der Waals surface area contributed by atoms with Crippen LogP contribution in [0.1, 0.15) is 110 Å². The second-order valence-corrected chi connectivity index (χ2v) is 23.5. The van der Waals surface area contributed by atoms with Gasteiger partial charge in [-0.3, -0.25) is 23.7 Å². The molecular formula is C52H62F2N5O8PS. The van der Waals surface area contributed by atoms with Gasteiger partial charge in [-0.25, -0.2) is 13.9 Å². The highest BCUT2D eigenvalue weighted by Crippen LogP contribution is 2.58. The number of thiophene rings is 1. The number of nitrogens with zero attached hydrogens (tertiary/aromatic N) is 3. The average molecular weight is 986 g/mol. The van der Waals surface area contributed by atoms with Crippen molar-refractivity contribution in [3.8, 4) is 5.75 Å². The van der Waals surface area contributed by atoms with Crippen molar-refractivity contribution in [3.63, 3.8) is 0 Å². The van der Waals surface area contributed by atoms with E-state index in [1.165, 1.54) is 36.0 Å². The van der Waals surface area contributed by atoms with Gasteiger partial charge in [0.1, 0.15) is 30.0 Å². The number of alkyl halides is 2. The summed E-state index contributed by atoms with van der Waals surface area (Å²) in [5.74, 6) is -3.26. The van der Waals surface area contributed by atoms with Crippen molar-refractivity contribution in [3.05, 3.63) is 101 Å². The Morgan fingerprint density at radius 1 is 0.957 bits per heavy atom. The number of nitrogens with one attached hydrogen (secondary N) is 2. The van der Waals surface area contributed by atoms with E-state index in [2.05, 4.69) is 32.3 Å². The van der Waals surface area contributed by atoms with Gasteiger partial charge in [-0.15, -0.1) is 11.3 Å². The molecule has 13 nitrogen and oxygen atoms in total. The summed E-state index contributed by atoms with van der Waals surface area (Å²) in [6.07, 6.45) is 6.49. The van der Waals surface area contributed by atoms with Crippen LogP contribution in [-0.2, 0) is 28.4 Å². The first-order chi connectivity index (χ1) is 33.3. The standard InChI is InChI=1S/C52H62F2N5O8PS/c1-32(51(63)66-31-33-19-22-65-30-33)56-68(64,67-42-11-7-4-8-12-42)47(54)35-13-18-45-36(23-35)24-46(69-45)48(60)55-43-16-14-39(57(2)41-25-38(53)26-41)27-40-15-17-44(59(40)49(43)61)50(62)58-29-37(28-52(58)20-21-52)34-9-5-3-6-10-34/h3-13,18,23-24,32-33,37-41,43-44,47H,14-17,19-22,25-31H2,1-2H3,(H,55,60)(H,56,64)/t32-,33-,37+,38?,39-,40+,41?,43-,44-,47-,68?/m0/s1. The van der Waals surface area contributed by atoms with Gasteiger partial charge in [0.05, 0.1) is 18.1 Å². The van der Waals surface area contributed by atoms with Crippen LogP contribution in [0.4, 0.5) is 8.78 Å². The highest BCUT2D eigenvalue weighted by atomic mass is 32.1. The van der Waals surface area contributed by atoms with Crippen molar-refractivity contribution < 1.29 is 46.5 Å². The minimum atomic E-state index is -4.52. The van der Waals surface area contributed by atoms with Crippen LogP contribution >= 0.6 is 18.9 Å². The van der Waals surface area contributed by atoms with E-state index in [4.69, 9.17) is 14.0 Å². The molecule has 0 radical (unpaired) electrons. The molecule has 1 spiro atoms. The number of carbonyl (C=O) groups excluding carboxylic acids is 4. The molecule has 9 atom stereocenters. The smallest absolute Gasteiger partial charge is 0.355 e. The largest absolute Gasteiger partial charge is 0.464 e. The lowest BCUT2D eigenvalue weighted by Crippen LogP contribution is -2.59. The number of rotatable bonds is 15. The summed E-state index contributed by atoms with van der Waals surface area (Å²) in [7, 11) is -2.49. The maximum atomic E-state index is 16.9. The number of esters is 1. The lowest BCUT2D eigenvalue weighted by molar-refractivity contribution is -0.148. The van der Waals surface area contributed by atoms with Gasteiger partial charge in [-0.2, -0.15) is 0 Å². The Morgan fingerprint density at radius 2 is 1.71 bits per heavy atom. The van der Waals surface area contributed by atoms with E-state index in [0.29, 0.717) is 79.7 Å². The quantitative estimate of drug-likeness (QED) is 0.0877. The van der Waals surface area contributed by atoms with Crippen LogP contribution in [-0.4, -0.2) is 120 Å². The van der Waals surface area contributed by atoms with E-state index in [9.17, 15) is 28.1 Å². The van der Waals surface area contributed by atoms with Gasteiger partial charge in [-0.05, 0) is 131 Å². The summed E-state index contributed by atoms with van der Waals surface area (Å²) in [5.41, 5.74) is 1.04. The summed E-state index contributed by atoms with van der Waals surface area (Å²) in [4.78, 5) is 63.6. The number of halogens is 2. The zero-order valence-electron chi connectivity index (χ0n) is 39.2. The third-order valence-electron chi connectivity index (χ3n) is 15.7. The highest BCUT2D eigenvalue weighted by Gasteiger charge is 2.59. The molecule has 6 aliphatic rings. The summed E-state index contributed by atoms with van der Waals surface area (Å²) in [6.45, 7) is 3.25. The topological polar surface area (TPSA) is 147 Å². The van der Waals surface area contributed by atoms with Crippen LogP contribution < -0.4 is 14.9 Å². The molecule has 368 valence electrons. The fraction of sp³-hybridized carbons (Fsp3) is 0.538. The molecule has 17 heteroatoms. The van der Waals surface area contributed by atoms with Gasteiger partial charge in [-0.1, -0.05) is 54.6 Å². The first-order valence-electron chi connectivity index (χ1n) is 24.7. The van der Waals surface area contributed by atoms with Gasteiger partial charge < -0.3 is 34.0 Å². The van der Waals surface area contributed by atoms with Crippen LogP contribution in [0.5, 0.6) is 5.75 Å². The van der Waals surface area contributed by atoms with E-state index in [1.807, 2.05) is 25.2 Å². The minimum absolute atomic E-state index is 0.00968. The Morgan fingerprint density at radius 3 is 2.42 bits per heavy atom. The van der Waals surface area contributed by atoms with Gasteiger partial charge in [0.2, 0.25) is 17.7 Å². The maximum absolute atomic E-state index is 16.9. The molecule has 4 saturated heterocycles. The lowest BCUT2D eigenvalue weighted by atomic mass is 9.86. The van der Waals surface area contributed by atoms with Crippen LogP contribution in [0.25, 0.3) is 10.1 Å². The predicted molar refractivity (Wildman–Crippen MR) is 259 cm³/mol. The van der Waals surface area contributed by atoms with Crippen LogP contribution in [0.2, 0.25) is 0 Å². The third kappa shape index (κ3) is 9.98. The number of hydrogen-bond donors (Lipinski definition) is 2. The molecule has 3 aromatic carbocycles. The van der Waals surface area contributed by atoms with Gasteiger partial charge in [0.15, 0.2) is 0 Å². The van der Waals surface area contributed by atoms with E-state index in [0.717, 1.165) is 25.7 Å². The molecule has 10 rings (SSSR count). The molecule has 5 heterocycles. The fourth-order valence-electron chi connectivity index (χ4n) is 11.4. The van der Waals surface area contributed by atoms with Crippen molar-refractivity contribution >= 4 is 52.6 Å². The van der Waals surface area contributed by atoms with Crippen LogP contribution in [0, 0.1) is 5.92 Å². The lowest BCUT2D eigenvalue weighted by Gasteiger charge is -2.45. The summed E-state index contributed by atoms with van der Waals surface area (Å²) in [5, 5.41) is 6.22. The predicted octanol–water partition coefficient (Wildman–Crippen LogP) is 8.69. The number of benzene rings is 3. The Balaban J connectivity index is 0.874. The highest BCUT2D eigenvalue weighted by molar-refractivity contribution is 7.57. The first-order valence-corrected chi connectivity index (χ1v) is 27.2. The van der Waals surface area contributed by atoms with Crippen molar-refractivity contribution in [1.29, 1.82) is 0 Å². The molecule has 0 bridgehead atoms. The Kier molecular flexibility index (Phi) is 13.8. The second-order valence-electron chi connectivity index (χ2n) is 20.3. The number of fused-ring (bicyclic) bond motifs is 2. The Hall–Kier alpha value is -4.73. The number of carbonyl (C=O) groups is 4. The SMILES string of the molecule is C[C@H](NP(=O)(Oc1ccccc1)[C@H](F)c1ccc2sc(C(=O)N[C@H]3CC[C@H](N(C)C4CC(F)C4)C[C@H]4CC[C@@H](C(=O)N5C[C@H](c6ccccc6)CC56CC6)N4C3=O)cc2c1)C(=O)OC[C@H]1CCOC1. The number of hydrogen-bond acceptors (Lipinski definition) is 10. The molecular weight excluding hydrogens is 924 g/mol. The summed E-state index contributed by atoms with van der Waals surface area (Å²) < 4.78 is 63.0. The monoisotopic (exact) mass is 985 g/mol. The molecule has 2 aliphatic carbocycles. The molecule has 1 unspecified atom stereocenters. The van der Waals surface area contributed by atoms with E-state index < -0.39 is 49.6 Å². The first kappa shape index (κ1) is 47.9. The fourth-order valence-corrected chi connectivity index (χ4v) is 14.3. The summed E-state index contributed by atoms with van der Waals surface area (Å²) in [6, 6.07) is 21.9. The average Bonchev–Trinajstić information content (AvgIpc) is 3.79. The molecule has 3 amide bonds. The maximum Gasteiger partial charge on any atom is 0.355 e. The van der Waals surface area contributed by atoms with Crippen molar-refractivity contribution in [2.75, 3.05) is 33.4 Å². The third-order valence-corrected chi connectivity index (χ3v) is 18.9. The number of para-hydroxylation sites is 1. The second kappa shape index (κ2) is 19.8. The zero-order valence-corrected chi connectivity index (χ0v) is 40.9. The van der Waals surface area contributed by atoms with Crippen molar-refractivity contribution in [2.45, 2.75) is 137 Å². The van der Waals surface area contributed by atoms with E-state index >= 15 is 4.39 Å². The molecule has 4 aliphatic heterocycles.